The number of nitrogens with zero attached hydrogens (tertiary/aromatic N) is 2. The van der Waals surface area contributed by atoms with Gasteiger partial charge in [-0.3, -0.25) is 0 Å². The van der Waals surface area contributed by atoms with Gasteiger partial charge in [0.25, 0.3) is 0 Å². The lowest BCUT2D eigenvalue weighted by molar-refractivity contribution is 0.0693. The largest absolute Gasteiger partial charge is 0.477 e. The molecule has 0 atom stereocenters. The highest BCUT2D eigenvalue weighted by Gasteiger charge is 2.12. The van der Waals surface area contributed by atoms with Crippen molar-refractivity contribution in [3.05, 3.63) is 47.6 Å². The van der Waals surface area contributed by atoms with Gasteiger partial charge in [0.1, 0.15) is 11.3 Å². The SMILES string of the molecule is O=C(O)c1cccnc1Oc1ccc2ncsc2c1. The van der Waals surface area contributed by atoms with E-state index >= 15 is 0 Å². The summed E-state index contributed by atoms with van der Waals surface area (Å²) in [4.78, 5) is 19.2. The molecule has 0 aliphatic carbocycles. The number of fused-ring (bicyclic) bond motifs is 1. The number of rotatable bonds is 3. The number of aromatic carboxylic acids is 1. The number of carboxylic acids is 1. The maximum atomic E-state index is 11.1. The van der Waals surface area contributed by atoms with Crippen LogP contribution in [0.4, 0.5) is 0 Å². The first-order valence-corrected chi connectivity index (χ1v) is 6.31. The van der Waals surface area contributed by atoms with E-state index in [4.69, 9.17) is 9.84 Å². The van der Waals surface area contributed by atoms with E-state index in [1.54, 1.807) is 17.6 Å². The van der Waals surface area contributed by atoms with Gasteiger partial charge in [-0.2, -0.15) is 0 Å². The highest BCUT2D eigenvalue weighted by atomic mass is 32.1. The fraction of sp³-hybridized carbons (Fsp3) is 0. The van der Waals surface area contributed by atoms with E-state index in [9.17, 15) is 4.79 Å². The van der Waals surface area contributed by atoms with Gasteiger partial charge in [-0.25, -0.2) is 14.8 Å². The molecule has 94 valence electrons. The summed E-state index contributed by atoms with van der Waals surface area (Å²) in [5.74, 6) is -0.446. The van der Waals surface area contributed by atoms with Crippen molar-refractivity contribution in [2.24, 2.45) is 0 Å². The minimum absolute atomic E-state index is 0.0342. The molecule has 0 aliphatic rings. The van der Waals surface area contributed by atoms with Crippen molar-refractivity contribution < 1.29 is 14.6 Å². The molecule has 19 heavy (non-hydrogen) atoms. The lowest BCUT2D eigenvalue weighted by atomic mass is 10.2. The molecule has 3 rings (SSSR count). The van der Waals surface area contributed by atoms with Gasteiger partial charge in [-0.15, -0.1) is 11.3 Å². The zero-order valence-corrected chi connectivity index (χ0v) is 10.4. The summed E-state index contributed by atoms with van der Waals surface area (Å²) in [6.45, 7) is 0. The fourth-order valence-corrected chi connectivity index (χ4v) is 2.35. The Bertz CT molecular complexity index is 754. The molecule has 1 N–H and O–H groups in total. The quantitative estimate of drug-likeness (QED) is 0.792. The van der Waals surface area contributed by atoms with Crippen LogP contribution in [-0.2, 0) is 0 Å². The van der Waals surface area contributed by atoms with Gasteiger partial charge >= 0.3 is 5.97 Å². The summed E-state index contributed by atoms with van der Waals surface area (Å²) in [6, 6.07) is 8.39. The first kappa shape index (κ1) is 11.6. The van der Waals surface area contributed by atoms with E-state index < -0.39 is 5.97 Å². The van der Waals surface area contributed by atoms with Crippen LogP contribution in [-0.4, -0.2) is 21.0 Å². The predicted molar refractivity (Wildman–Crippen MR) is 70.9 cm³/mol. The van der Waals surface area contributed by atoms with Gasteiger partial charge < -0.3 is 9.84 Å². The molecule has 0 bridgehead atoms. The molecule has 2 heterocycles. The Hall–Kier alpha value is -2.47. The summed E-state index contributed by atoms with van der Waals surface area (Å²) in [5.41, 5.74) is 2.67. The Kier molecular flexibility index (Phi) is 2.85. The molecular weight excluding hydrogens is 264 g/mol. The van der Waals surface area contributed by atoms with Crippen LogP contribution in [0.25, 0.3) is 10.2 Å². The number of pyridine rings is 1. The van der Waals surface area contributed by atoms with E-state index in [0.29, 0.717) is 5.75 Å². The highest BCUT2D eigenvalue weighted by Crippen LogP contribution is 2.27. The van der Waals surface area contributed by atoms with Crippen molar-refractivity contribution in [2.75, 3.05) is 0 Å². The summed E-state index contributed by atoms with van der Waals surface area (Å²) in [6.07, 6.45) is 1.49. The Labute approximate surface area is 112 Å². The number of benzene rings is 1. The Morgan fingerprint density at radius 2 is 2.16 bits per heavy atom. The van der Waals surface area contributed by atoms with Gasteiger partial charge in [-0.1, -0.05) is 0 Å². The zero-order chi connectivity index (χ0) is 13.2. The van der Waals surface area contributed by atoms with E-state index in [1.807, 2.05) is 12.1 Å². The molecular formula is C13H8N2O3S. The van der Waals surface area contributed by atoms with Gasteiger partial charge in [0.15, 0.2) is 0 Å². The van der Waals surface area contributed by atoms with Crippen LogP contribution in [0.1, 0.15) is 10.4 Å². The summed E-state index contributed by atoms with van der Waals surface area (Å²) in [5, 5.41) is 9.05. The number of ether oxygens (including phenoxy) is 1. The van der Waals surface area contributed by atoms with Crippen molar-refractivity contribution in [2.45, 2.75) is 0 Å². The standard InChI is InChI=1S/C13H8N2O3S/c16-13(17)9-2-1-5-14-12(9)18-8-3-4-10-11(6-8)19-7-15-10/h1-7H,(H,16,17). The molecule has 0 radical (unpaired) electrons. The number of carbonyl (C=O) groups is 1. The topological polar surface area (TPSA) is 72.3 Å². The van der Waals surface area contributed by atoms with Crippen molar-refractivity contribution >= 4 is 27.5 Å². The number of thiazole rings is 1. The van der Waals surface area contributed by atoms with E-state index in [0.717, 1.165) is 10.2 Å². The molecule has 0 saturated carbocycles. The number of hydrogen-bond donors (Lipinski definition) is 1. The van der Waals surface area contributed by atoms with E-state index in [-0.39, 0.29) is 11.4 Å². The second-order valence-electron chi connectivity index (χ2n) is 3.75. The molecule has 6 heteroatoms. The fourth-order valence-electron chi connectivity index (χ4n) is 1.65. The highest BCUT2D eigenvalue weighted by molar-refractivity contribution is 7.16. The molecule has 0 saturated heterocycles. The van der Waals surface area contributed by atoms with Gasteiger partial charge in [-0.05, 0) is 24.3 Å². The molecule has 1 aromatic carbocycles. The van der Waals surface area contributed by atoms with E-state index in [2.05, 4.69) is 9.97 Å². The van der Waals surface area contributed by atoms with Crippen LogP contribution in [0.15, 0.2) is 42.0 Å². The van der Waals surface area contributed by atoms with Crippen LogP contribution < -0.4 is 4.74 Å². The molecule has 0 amide bonds. The Balaban J connectivity index is 1.98. The van der Waals surface area contributed by atoms with Crippen LogP contribution in [0.3, 0.4) is 0 Å². The third-order valence-electron chi connectivity index (χ3n) is 2.52. The average Bonchev–Trinajstić information content (AvgIpc) is 2.86. The third kappa shape index (κ3) is 2.25. The predicted octanol–water partition coefficient (Wildman–Crippen LogP) is 3.18. The number of hydrogen-bond acceptors (Lipinski definition) is 5. The summed E-state index contributed by atoms with van der Waals surface area (Å²) in [7, 11) is 0. The van der Waals surface area contributed by atoms with Crippen molar-refractivity contribution in [3.63, 3.8) is 0 Å². The molecule has 0 spiro atoms. The second-order valence-corrected chi connectivity index (χ2v) is 4.63. The Morgan fingerprint density at radius 1 is 1.26 bits per heavy atom. The monoisotopic (exact) mass is 272 g/mol. The third-order valence-corrected chi connectivity index (χ3v) is 3.31. The van der Waals surface area contributed by atoms with E-state index in [1.165, 1.54) is 23.6 Å². The van der Waals surface area contributed by atoms with Crippen molar-refractivity contribution in [1.29, 1.82) is 0 Å². The molecule has 0 unspecified atom stereocenters. The number of aromatic nitrogens is 2. The van der Waals surface area contributed by atoms with Crippen LogP contribution in [0.5, 0.6) is 11.6 Å². The maximum absolute atomic E-state index is 11.1. The van der Waals surface area contributed by atoms with Gasteiger partial charge in [0, 0.05) is 12.3 Å². The minimum atomic E-state index is -1.07. The van der Waals surface area contributed by atoms with Gasteiger partial charge in [0.05, 0.1) is 15.7 Å². The minimum Gasteiger partial charge on any atom is -0.477 e. The maximum Gasteiger partial charge on any atom is 0.341 e. The molecule has 2 aromatic heterocycles. The summed E-state index contributed by atoms with van der Waals surface area (Å²) < 4.78 is 6.51. The summed E-state index contributed by atoms with van der Waals surface area (Å²) >= 11 is 1.49. The average molecular weight is 272 g/mol. The van der Waals surface area contributed by atoms with Crippen LogP contribution >= 0.6 is 11.3 Å². The molecule has 3 aromatic rings. The Morgan fingerprint density at radius 3 is 3.00 bits per heavy atom. The first-order valence-electron chi connectivity index (χ1n) is 5.43. The molecule has 5 nitrogen and oxygen atoms in total. The van der Waals surface area contributed by atoms with Crippen LogP contribution in [0, 0.1) is 0 Å². The van der Waals surface area contributed by atoms with Crippen LogP contribution in [0.2, 0.25) is 0 Å². The second kappa shape index (κ2) is 4.66. The zero-order valence-electron chi connectivity index (χ0n) is 9.61. The lowest BCUT2D eigenvalue weighted by Crippen LogP contribution is -2.01. The first-order chi connectivity index (χ1) is 9.24. The smallest absolute Gasteiger partial charge is 0.341 e. The molecule has 0 fully saturated rings. The normalized spacial score (nSPS) is 10.5. The van der Waals surface area contributed by atoms with Crippen molar-refractivity contribution in [1.82, 2.24) is 9.97 Å². The van der Waals surface area contributed by atoms with Gasteiger partial charge in [0.2, 0.25) is 5.88 Å². The number of carboxylic acid groups (broad SMARTS) is 1. The lowest BCUT2D eigenvalue weighted by Gasteiger charge is -2.06. The molecule has 0 aliphatic heterocycles. The van der Waals surface area contributed by atoms with Crippen molar-refractivity contribution in [3.8, 4) is 11.6 Å².